The molecule has 0 atom stereocenters. The van der Waals surface area contributed by atoms with Gasteiger partial charge >= 0.3 is 87.4 Å². The standard InChI is InChI=1S/C9H19O.H2O.O.Ti/c1-7(2)5-9(10)6-8(3)4;;;/h7-9H,5-6H2,1-4H3;1H2;;/q-1;;;+2/p-1. The van der Waals surface area contributed by atoms with E-state index in [0.29, 0.717) is 11.8 Å². The van der Waals surface area contributed by atoms with Gasteiger partial charge in [0, 0.05) is 0 Å². The predicted octanol–water partition coefficient (Wildman–Crippen LogP) is 2.25. The molecule has 0 bridgehead atoms. The summed E-state index contributed by atoms with van der Waals surface area (Å²) in [5.41, 5.74) is 0. The zero-order valence-corrected chi connectivity index (χ0v) is 10.5. The van der Waals surface area contributed by atoms with Crippen molar-refractivity contribution in [2.75, 3.05) is 0 Å². The van der Waals surface area contributed by atoms with Gasteiger partial charge in [-0.3, -0.25) is 0 Å². The van der Waals surface area contributed by atoms with Crippen LogP contribution in [0.15, 0.2) is 0 Å². The van der Waals surface area contributed by atoms with Crippen molar-refractivity contribution in [1.82, 2.24) is 0 Å². The van der Waals surface area contributed by atoms with Crippen molar-refractivity contribution in [2.24, 2.45) is 11.8 Å². The zero-order chi connectivity index (χ0) is 10.4. The van der Waals surface area contributed by atoms with Crippen molar-refractivity contribution in [3.8, 4) is 0 Å². The molecule has 4 heteroatoms. The van der Waals surface area contributed by atoms with E-state index in [4.69, 9.17) is 7.01 Å². The van der Waals surface area contributed by atoms with E-state index in [9.17, 15) is 3.32 Å². The minimum atomic E-state index is -3.34. The number of hydrogen-bond acceptors (Lipinski definition) is 2. The van der Waals surface area contributed by atoms with Crippen LogP contribution >= 0.6 is 0 Å². The molecule has 0 aliphatic heterocycles. The summed E-state index contributed by atoms with van der Waals surface area (Å²) in [7, 11) is 0. The summed E-state index contributed by atoms with van der Waals surface area (Å²) in [5.74, 6) is 1.03. The first-order valence-corrected chi connectivity index (χ1v) is 6.78. The van der Waals surface area contributed by atoms with Crippen LogP contribution in [-0.4, -0.2) is 9.79 Å². The summed E-state index contributed by atoms with van der Waals surface area (Å²) in [6, 6.07) is 0. The van der Waals surface area contributed by atoms with Crippen LogP contribution in [0.4, 0.5) is 0 Å². The molecule has 13 heavy (non-hydrogen) atoms. The van der Waals surface area contributed by atoms with Gasteiger partial charge in [-0.1, -0.05) is 0 Å². The number of hydrogen-bond donors (Lipinski definition) is 1. The molecule has 0 fully saturated rings. The molecule has 0 aromatic rings. The Labute approximate surface area is 87.6 Å². The van der Waals surface area contributed by atoms with E-state index < -0.39 is 18.6 Å². The first kappa shape index (κ1) is 13.4. The molecule has 0 saturated carbocycles. The maximum atomic E-state index is 10.6. The number of rotatable bonds is 6. The van der Waals surface area contributed by atoms with Crippen LogP contribution in [0, 0.1) is 11.8 Å². The Balaban J connectivity index is 3.95. The second kappa shape index (κ2) is 6.82. The fraction of sp³-hybridized carbons (Fsp3) is 1.00. The van der Waals surface area contributed by atoms with E-state index in [1.54, 1.807) is 0 Å². The van der Waals surface area contributed by atoms with Gasteiger partial charge in [-0.05, 0) is 0 Å². The summed E-state index contributed by atoms with van der Waals surface area (Å²) in [6.07, 6.45) is 1.71. The van der Waals surface area contributed by atoms with Crippen LogP contribution in [0.5, 0.6) is 0 Å². The Morgan fingerprint density at radius 3 is 1.77 bits per heavy atom. The van der Waals surface area contributed by atoms with Crippen LogP contribution in [-0.2, 0) is 25.3 Å². The quantitative estimate of drug-likeness (QED) is 0.704. The van der Waals surface area contributed by atoms with Crippen LogP contribution in [0.25, 0.3) is 0 Å². The Bertz CT molecular complexity index is 147. The van der Waals surface area contributed by atoms with Crippen molar-refractivity contribution < 1.29 is 28.9 Å². The third kappa shape index (κ3) is 8.76. The van der Waals surface area contributed by atoms with Crippen molar-refractivity contribution >= 4 is 0 Å². The molecule has 0 aliphatic rings. The third-order valence-corrected chi connectivity index (χ3v) is 2.57. The summed E-state index contributed by atoms with van der Waals surface area (Å²) in [4.78, 5) is 0. The molecule has 0 rings (SSSR count). The van der Waals surface area contributed by atoms with E-state index in [-0.39, 0.29) is 6.10 Å². The van der Waals surface area contributed by atoms with Crippen molar-refractivity contribution in [3.05, 3.63) is 0 Å². The molecular formula is C9H20O3Ti. The summed E-state index contributed by atoms with van der Waals surface area (Å²) in [5, 5.41) is 0. The predicted molar refractivity (Wildman–Crippen MR) is 46.7 cm³/mol. The van der Waals surface area contributed by atoms with E-state index in [0.717, 1.165) is 12.8 Å². The van der Waals surface area contributed by atoms with Crippen molar-refractivity contribution in [2.45, 2.75) is 46.6 Å². The van der Waals surface area contributed by atoms with Gasteiger partial charge in [0.25, 0.3) is 0 Å². The van der Waals surface area contributed by atoms with Crippen LogP contribution in [0.1, 0.15) is 40.5 Å². The van der Waals surface area contributed by atoms with E-state index in [2.05, 4.69) is 27.7 Å². The molecule has 0 radical (unpaired) electrons. The van der Waals surface area contributed by atoms with E-state index in [1.807, 2.05) is 0 Å². The molecule has 78 valence electrons. The van der Waals surface area contributed by atoms with Crippen LogP contribution in [0.3, 0.4) is 0 Å². The van der Waals surface area contributed by atoms with Gasteiger partial charge in [-0.15, -0.1) is 0 Å². The fourth-order valence-corrected chi connectivity index (χ4v) is 2.13. The molecule has 3 nitrogen and oxygen atoms in total. The molecule has 0 unspecified atom stereocenters. The summed E-state index contributed by atoms with van der Waals surface area (Å²) < 4.78 is 24.4. The summed E-state index contributed by atoms with van der Waals surface area (Å²) in [6.45, 7) is 8.38. The van der Waals surface area contributed by atoms with Crippen molar-refractivity contribution in [3.63, 3.8) is 0 Å². The van der Waals surface area contributed by atoms with E-state index in [1.165, 1.54) is 0 Å². The Morgan fingerprint density at radius 2 is 1.54 bits per heavy atom. The first-order valence-electron chi connectivity index (χ1n) is 4.81. The van der Waals surface area contributed by atoms with Gasteiger partial charge in [-0.25, -0.2) is 0 Å². The van der Waals surface area contributed by atoms with Gasteiger partial charge in [-0.2, -0.15) is 0 Å². The molecule has 0 heterocycles. The maximum absolute atomic E-state index is 10.6. The molecule has 0 aliphatic carbocycles. The van der Waals surface area contributed by atoms with Crippen LogP contribution in [0.2, 0.25) is 0 Å². The third-order valence-electron chi connectivity index (χ3n) is 1.74. The first-order chi connectivity index (χ1) is 5.91. The summed E-state index contributed by atoms with van der Waals surface area (Å²) >= 11 is -3.34. The fourth-order valence-electron chi connectivity index (χ4n) is 1.39. The Kier molecular flexibility index (Phi) is 7.05. The van der Waals surface area contributed by atoms with Gasteiger partial charge in [0.2, 0.25) is 0 Å². The van der Waals surface area contributed by atoms with E-state index >= 15 is 0 Å². The Morgan fingerprint density at radius 1 is 1.15 bits per heavy atom. The van der Waals surface area contributed by atoms with Crippen molar-refractivity contribution in [1.29, 1.82) is 0 Å². The molecule has 0 saturated heterocycles. The molecule has 0 aromatic heterocycles. The molecule has 0 aromatic carbocycles. The minimum absolute atomic E-state index is 0.0301. The Hall–Kier alpha value is 0.434. The second-order valence-electron chi connectivity index (χ2n) is 4.26. The van der Waals surface area contributed by atoms with Gasteiger partial charge in [0.15, 0.2) is 0 Å². The topological polar surface area (TPSA) is 46.5 Å². The van der Waals surface area contributed by atoms with Gasteiger partial charge < -0.3 is 0 Å². The average Bonchev–Trinajstić information content (AvgIpc) is 1.80. The van der Waals surface area contributed by atoms with Crippen LogP contribution < -0.4 is 0 Å². The SMILES string of the molecule is CC(C)CC(CC(C)C)[O][Ti](=[O])[OH]. The molecular weight excluding hydrogens is 204 g/mol. The van der Waals surface area contributed by atoms with Gasteiger partial charge in [0.1, 0.15) is 0 Å². The molecule has 0 amide bonds. The normalized spacial score (nSPS) is 11.7. The van der Waals surface area contributed by atoms with Gasteiger partial charge in [0.05, 0.1) is 0 Å². The molecule has 1 N–H and O–H groups in total. The average molecular weight is 224 g/mol. The second-order valence-corrected chi connectivity index (χ2v) is 5.46. The zero-order valence-electron chi connectivity index (χ0n) is 8.91. The monoisotopic (exact) mass is 224 g/mol. The molecule has 0 spiro atoms.